The average molecular weight is 625 g/mol. The highest BCUT2D eigenvalue weighted by Crippen LogP contribution is 2.29. The normalized spacial score (nSPS) is 12.0. The minimum Gasteiger partial charge on any atom is -0.497 e. The van der Waals surface area contributed by atoms with Gasteiger partial charge in [0, 0.05) is 24.7 Å². The van der Waals surface area contributed by atoms with Crippen LogP contribution in [0.4, 0.5) is 11.4 Å². The number of anilines is 1. The van der Waals surface area contributed by atoms with Crippen LogP contribution in [0.2, 0.25) is 0 Å². The van der Waals surface area contributed by atoms with Gasteiger partial charge in [-0.15, -0.1) is 0 Å². The maximum atomic E-state index is 14.2. The van der Waals surface area contributed by atoms with Crippen LogP contribution in [0.25, 0.3) is 0 Å². The Hall–Kier alpha value is -4.45. The van der Waals surface area contributed by atoms with Gasteiger partial charge in [0.25, 0.3) is 15.7 Å². The molecule has 12 heteroatoms. The molecule has 0 aliphatic heterocycles. The minimum atomic E-state index is -4.49. The molecule has 0 bridgehead atoms. The zero-order chi connectivity index (χ0) is 32.6. The third-order valence-electron chi connectivity index (χ3n) is 7.11. The van der Waals surface area contributed by atoms with E-state index in [1.54, 1.807) is 19.1 Å². The molecule has 0 saturated heterocycles. The van der Waals surface area contributed by atoms with Crippen molar-refractivity contribution in [2.45, 2.75) is 58.5 Å². The quantitative estimate of drug-likeness (QED) is 0.197. The molecule has 236 valence electrons. The molecule has 0 heterocycles. The zero-order valence-corrected chi connectivity index (χ0v) is 26.8. The molecule has 3 aromatic rings. The van der Waals surface area contributed by atoms with Gasteiger partial charge >= 0.3 is 0 Å². The molecule has 0 radical (unpaired) electrons. The number of nitrogens with one attached hydrogen (secondary N) is 1. The second-order valence-electron chi connectivity index (χ2n) is 11.0. The molecular formula is C32H40N4O7S. The lowest BCUT2D eigenvalue weighted by molar-refractivity contribution is -0.385. The number of methoxy groups -OCH3 is 1. The number of sulfonamides is 1. The fraction of sp³-hybridized carbons (Fsp3) is 0.375. The molecule has 0 aliphatic rings. The summed E-state index contributed by atoms with van der Waals surface area (Å²) in [5.74, 6) is -0.293. The fourth-order valence-electron chi connectivity index (χ4n) is 4.70. The summed E-state index contributed by atoms with van der Waals surface area (Å²) in [6, 6.07) is 16.4. The molecule has 0 saturated carbocycles. The standard InChI is InChI=1S/C32H40N4O7S/c1-7-29(32(38)33-19-22(2)3)34(20-25-10-8-9-23(4)17-25)31(37)21-35(26-12-14-27(43-6)15-13-26)44(41,42)28-16-11-24(5)30(18-28)36(39)40/h8-18,22,29H,7,19-21H2,1-6H3,(H,33,38)/t29-/m0/s1. The molecule has 0 spiro atoms. The van der Waals surface area contributed by atoms with Crippen molar-refractivity contribution in [3.63, 3.8) is 0 Å². The monoisotopic (exact) mass is 624 g/mol. The number of nitrogens with zero attached hydrogens (tertiary/aromatic N) is 3. The van der Waals surface area contributed by atoms with E-state index >= 15 is 0 Å². The SMILES string of the molecule is CC[C@@H](C(=O)NCC(C)C)N(Cc1cccc(C)c1)C(=O)CN(c1ccc(OC)cc1)S(=O)(=O)c1ccc(C)c([N+](=O)[O-])c1. The number of aryl methyl sites for hydroxylation is 2. The van der Waals surface area contributed by atoms with Gasteiger partial charge in [-0.1, -0.05) is 56.7 Å². The van der Waals surface area contributed by atoms with E-state index < -0.39 is 33.4 Å². The molecule has 0 aromatic heterocycles. The van der Waals surface area contributed by atoms with Crippen molar-refractivity contribution in [2.75, 3.05) is 24.5 Å². The molecule has 2 amide bonds. The third-order valence-corrected chi connectivity index (χ3v) is 8.88. The summed E-state index contributed by atoms with van der Waals surface area (Å²) in [6.45, 7) is 8.98. The Morgan fingerprint density at radius 1 is 1.02 bits per heavy atom. The van der Waals surface area contributed by atoms with Crippen LogP contribution in [-0.2, 0) is 26.2 Å². The van der Waals surface area contributed by atoms with Gasteiger partial charge in [-0.25, -0.2) is 8.42 Å². The first-order valence-corrected chi connectivity index (χ1v) is 15.8. The number of hydrogen-bond acceptors (Lipinski definition) is 7. The summed E-state index contributed by atoms with van der Waals surface area (Å²) in [4.78, 5) is 39.6. The summed E-state index contributed by atoms with van der Waals surface area (Å²) in [7, 11) is -3.02. The lowest BCUT2D eigenvalue weighted by Gasteiger charge is -2.33. The first kappa shape index (κ1) is 34.0. The highest BCUT2D eigenvalue weighted by molar-refractivity contribution is 7.92. The minimum absolute atomic E-state index is 0.0701. The third kappa shape index (κ3) is 8.34. The summed E-state index contributed by atoms with van der Waals surface area (Å²) in [5.41, 5.74) is 1.83. The second kappa shape index (κ2) is 14.8. The van der Waals surface area contributed by atoms with Crippen molar-refractivity contribution in [2.24, 2.45) is 5.92 Å². The first-order valence-electron chi connectivity index (χ1n) is 14.3. The van der Waals surface area contributed by atoms with E-state index in [0.29, 0.717) is 24.3 Å². The van der Waals surface area contributed by atoms with Gasteiger partial charge in [-0.05, 0) is 62.1 Å². The molecule has 44 heavy (non-hydrogen) atoms. The van der Waals surface area contributed by atoms with Gasteiger partial charge < -0.3 is 15.0 Å². The van der Waals surface area contributed by atoms with Crippen LogP contribution in [0.5, 0.6) is 5.75 Å². The smallest absolute Gasteiger partial charge is 0.273 e. The van der Waals surface area contributed by atoms with Crippen LogP contribution in [-0.4, -0.2) is 56.3 Å². The predicted molar refractivity (Wildman–Crippen MR) is 169 cm³/mol. The Morgan fingerprint density at radius 2 is 1.70 bits per heavy atom. The molecule has 0 fully saturated rings. The van der Waals surface area contributed by atoms with Crippen LogP contribution in [0.1, 0.15) is 43.9 Å². The van der Waals surface area contributed by atoms with Crippen LogP contribution in [0, 0.1) is 29.9 Å². The first-order chi connectivity index (χ1) is 20.8. The van der Waals surface area contributed by atoms with Crippen molar-refractivity contribution in [3.05, 3.63) is 93.5 Å². The topological polar surface area (TPSA) is 139 Å². The van der Waals surface area contributed by atoms with E-state index in [9.17, 15) is 28.1 Å². The summed E-state index contributed by atoms with van der Waals surface area (Å²) >= 11 is 0. The number of amides is 2. The maximum Gasteiger partial charge on any atom is 0.273 e. The summed E-state index contributed by atoms with van der Waals surface area (Å²) < 4.78 is 34.3. The Balaban J connectivity index is 2.11. The number of benzene rings is 3. The van der Waals surface area contributed by atoms with Crippen LogP contribution < -0.4 is 14.4 Å². The zero-order valence-electron chi connectivity index (χ0n) is 25.9. The van der Waals surface area contributed by atoms with E-state index in [1.165, 1.54) is 43.2 Å². The van der Waals surface area contributed by atoms with Gasteiger partial charge in [0.2, 0.25) is 11.8 Å². The van der Waals surface area contributed by atoms with Crippen molar-refractivity contribution < 1.29 is 27.7 Å². The lowest BCUT2D eigenvalue weighted by atomic mass is 10.1. The van der Waals surface area contributed by atoms with E-state index in [-0.39, 0.29) is 34.6 Å². The van der Waals surface area contributed by atoms with E-state index in [2.05, 4.69) is 5.32 Å². The molecule has 0 aliphatic carbocycles. The largest absolute Gasteiger partial charge is 0.497 e. The Bertz CT molecular complexity index is 1590. The molecular weight excluding hydrogens is 584 g/mol. The van der Waals surface area contributed by atoms with Crippen molar-refractivity contribution >= 4 is 33.2 Å². The molecule has 11 nitrogen and oxygen atoms in total. The van der Waals surface area contributed by atoms with Gasteiger partial charge in [0.05, 0.1) is 22.6 Å². The average Bonchev–Trinajstić information content (AvgIpc) is 2.98. The molecule has 0 unspecified atom stereocenters. The Labute approximate surface area is 259 Å². The number of nitro benzene ring substituents is 1. The summed E-state index contributed by atoms with van der Waals surface area (Å²) in [5, 5.41) is 14.5. The number of hydrogen-bond donors (Lipinski definition) is 1. The number of ether oxygens (including phenoxy) is 1. The van der Waals surface area contributed by atoms with Crippen molar-refractivity contribution in [1.29, 1.82) is 0 Å². The summed E-state index contributed by atoms with van der Waals surface area (Å²) in [6.07, 6.45) is 0.293. The van der Waals surface area contributed by atoms with Crippen molar-refractivity contribution in [3.8, 4) is 5.75 Å². The molecule has 3 rings (SSSR count). The van der Waals surface area contributed by atoms with E-state index in [4.69, 9.17) is 4.74 Å². The van der Waals surface area contributed by atoms with Gasteiger partial charge in [0.15, 0.2) is 0 Å². The van der Waals surface area contributed by atoms with Crippen LogP contribution >= 0.6 is 0 Å². The fourth-order valence-corrected chi connectivity index (χ4v) is 6.13. The highest BCUT2D eigenvalue weighted by atomic mass is 32.2. The number of carbonyl (C=O) groups is 2. The highest BCUT2D eigenvalue weighted by Gasteiger charge is 2.34. The second-order valence-corrected chi connectivity index (χ2v) is 12.9. The Kier molecular flexibility index (Phi) is 11.5. The predicted octanol–water partition coefficient (Wildman–Crippen LogP) is 5.00. The van der Waals surface area contributed by atoms with Crippen molar-refractivity contribution in [1.82, 2.24) is 10.2 Å². The Morgan fingerprint density at radius 3 is 2.27 bits per heavy atom. The van der Waals surface area contributed by atoms with E-state index in [0.717, 1.165) is 21.5 Å². The van der Waals surface area contributed by atoms with Gasteiger partial charge in [-0.2, -0.15) is 0 Å². The van der Waals surface area contributed by atoms with Gasteiger partial charge in [-0.3, -0.25) is 24.0 Å². The molecule has 3 aromatic carbocycles. The maximum absolute atomic E-state index is 14.2. The lowest BCUT2D eigenvalue weighted by Crippen LogP contribution is -2.52. The number of nitro groups is 1. The molecule has 1 atom stereocenters. The van der Waals surface area contributed by atoms with Crippen LogP contribution in [0.3, 0.4) is 0 Å². The number of rotatable bonds is 14. The molecule has 1 N–H and O–H groups in total. The van der Waals surface area contributed by atoms with Crippen LogP contribution in [0.15, 0.2) is 71.6 Å². The van der Waals surface area contributed by atoms with Gasteiger partial charge in [0.1, 0.15) is 18.3 Å². The number of carbonyl (C=O) groups excluding carboxylic acids is 2. The van der Waals surface area contributed by atoms with E-state index in [1.807, 2.05) is 45.0 Å².